The average molecular weight is 260 g/mol. The minimum atomic E-state index is 0.683. The van der Waals surface area contributed by atoms with E-state index in [0.717, 1.165) is 26.3 Å². The highest BCUT2D eigenvalue weighted by Gasteiger charge is 2.14. The van der Waals surface area contributed by atoms with Crippen molar-refractivity contribution in [2.45, 2.75) is 38.1 Å². The van der Waals surface area contributed by atoms with Crippen LogP contribution in [0, 0.1) is 0 Å². The van der Waals surface area contributed by atoms with E-state index in [4.69, 9.17) is 4.74 Å². The maximum absolute atomic E-state index is 5.39. The lowest BCUT2D eigenvalue weighted by Gasteiger charge is -2.29. The number of nitrogens with one attached hydrogen (secondary N) is 1. The van der Waals surface area contributed by atoms with E-state index in [0.29, 0.717) is 6.04 Å². The lowest BCUT2D eigenvalue weighted by molar-refractivity contribution is 0.122. The third-order valence-corrected chi connectivity index (χ3v) is 4.22. The zero-order valence-corrected chi connectivity index (χ0v) is 11.6. The van der Waals surface area contributed by atoms with Crippen LogP contribution in [0.5, 0.6) is 0 Å². The van der Waals surface area contributed by atoms with Crippen LogP contribution in [0.1, 0.15) is 32.1 Å². The summed E-state index contributed by atoms with van der Waals surface area (Å²) in [7, 11) is 0. The molecule has 1 aliphatic carbocycles. The van der Waals surface area contributed by atoms with E-state index in [1.54, 1.807) is 0 Å². The highest BCUT2D eigenvalue weighted by Crippen LogP contribution is 2.23. The first-order chi connectivity index (χ1) is 9.42. The van der Waals surface area contributed by atoms with Crippen molar-refractivity contribution in [3.8, 4) is 0 Å². The van der Waals surface area contributed by atoms with Crippen LogP contribution in [0.3, 0.4) is 0 Å². The fraction of sp³-hybridized carbons (Fsp3) is 0.625. The van der Waals surface area contributed by atoms with Gasteiger partial charge in [-0.2, -0.15) is 0 Å². The van der Waals surface area contributed by atoms with E-state index in [-0.39, 0.29) is 0 Å². The van der Waals surface area contributed by atoms with Crippen molar-refractivity contribution in [3.63, 3.8) is 0 Å². The molecule has 3 rings (SSSR count). The Bertz CT molecular complexity index is 378. The molecule has 0 aromatic heterocycles. The lowest BCUT2D eigenvalue weighted by Crippen LogP contribution is -2.36. The van der Waals surface area contributed by atoms with E-state index >= 15 is 0 Å². The van der Waals surface area contributed by atoms with Crippen LogP contribution < -0.4 is 10.2 Å². The molecular weight excluding hydrogens is 236 g/mol. The van der Waals surface area contributed by atoms with Gasteiger partial charge in [0.05, 0.1) is 13.2 Å². The van der Waals surface area contributed by atoms with Gasteiger partial charge < -0.3 is 15.0 Å². The van der Waals surface area contributed by atoms with Gasteiger partial charge >= 0.3 is 0 Å². The fourth-order valence-electron chi connectivity index (χ4n) is 3.07. The maximum atomic E-state index is 5.39. The van der Waals surface area contributed by atoms with Gasteiger partial charge in [0.1, 0.15) is 0 Å². The van der Waals surface area contributed by atoms with Crippen LogP contribution >= 0.6 is 0 Å². The molecule has 1 aromatic rings. The second-order valence-electron chi connectivity index (χ2n) is 5.63. The molecule has 19 heavy (non-hydrogen) atoms. The second-order valence-corrected chi connectivity index (χ2v) is 5.63. The summed E-state index contributed by atoms with van der Waals surface area (Å²) in [6.07, 6.45) is 6.82. The van der Waals surface area contributed by atoms with Gasteiger partial charge in [-0.05, 0) is 37.1 Å². The molecule has 1 aromatic carbocycles. The zero-order chi connectivity index (χ0) is 12.9. The van der Waals surface area contributed by atoms with Gasteiger partial charge in [0.15, 0.2) is 0 Å². The average Bonchev–Trinajstić information content (AvgIpc) is 2.50. The number of hydrogen-bond donors (Lipinski definition) is 1. The lowest BCUT2D eigenvalue weighted by atomic mass is 9.95. The van der Waals surface area contributed by atoms with Crippen molar-refractivity contribution < 1.29 is 4.74 Å². The van der Waals surface area contributed by atoms with Crippen molar-refractivity contribution in [3.05, 3.63) is 24.3 Å². The molecule has 1 aliphatic heterocycles. The van der Waals surface area contributed by atoms with E-state index in [9.17, 15) is 0 Å². The summed E-state index contributed by atoms with van der Waals surface area (Å²) < 4.78 is 5.39. The molecule has 0 spiro atoms. The zero-order valence-electron chi connectivity index (χ0n) is 11.6. The fourth-order valence-corrected chi connectivity index (χ4v) is 3.07. The Morgan fingerprint density at radius 3 is 2.32 bits per heavy atom. The van der Waals surface area contributed by atoms with Crippen molar-refractivity contribution >= 4 is 11.4 Å². The molecule has 3 heteroatoms. The molecule has 104 valence electrons. The Morgan fingerprint density at radius 2 is 1.63 bits per heavy atom. The standard InChI is InChI=1S/C16H24N2O/c1-2-4-14(5-3-1)17-15-6-8-16(9-7-15)18-10-12-19-13-11-18/h6-9,14,17H,1-5,10-13H2. The van der Waals surface area contributed by atoms with Crippen LogP contribution in [-0.4, -0.2) is 32.3 Å². The van der Waals surface area contributed by atoms with Crippen molar-refractivity contribution in [2.75, 3.05) is 36.5 Å². The highest BCUT2D eigenvalue weighted by molar-refractivity contribution is 5.55. The molecule has 2 fully saturated rings. The van der Waals surface area contributed by atoms with Crippen LogP contribution in [0.4, 0.5) is 11.4 Å². The molecule has 0 amide bonds. The minimum absolute atomic E-state index is 0.683. The van der Waals surface area contributed by atoms with Crippen LogP contribution in [0.15, 0.2) is 24.3 Å². The quantitative estimate of drug-likeness (QED) is 0.902. The molecule has 0 atom stereocenters. The van der Waals surface area contributed by atoms with Gasteiger partial charge in [-0.15, -0.1) is 0 Å². The summed E-state index contributed by atoms with van der Waals surface area (Å²) in [6.45, 7) is 3.72. The third-order valence-electron chi connectivity index (χ3n) is 4.22. The molecule has 1 N–H and O–H groups in total. The smallest absolute Gasteiger partial charge is 0.0642 e. The van der Waals surface area contributed by atoms with Crippen molar-refractivity contribution in [1.82, 2.24) is 0 Å². The van der Waals surface area contributed by atoms with Gasteiger partial charge in [-0.1, -0.05) is 19.3 Å². The topological polar surface area (TPSA) is 24.5 Å². The Kier molecular flexibility index (Phi) is 4.23. The summed E-state index contributed by atoms with van der Waals surface area (Å²) in [5, 5.41) is 3.67. The number of ether oxygens (including phenoxy) is 1. The summed E-state index contributed by atoms with van der Waals surface area (Å²) in [6, 6.07) is 9.59. The number of benzene rings is 1. The molecule has 0 unspecified atom stereocenters. The van der Waals surface area contributed by atoms with Gasteiger partial charge in [0.25, 0.3) is 0 Å². The Balaban J connectivity index is 1.58. The normalized spacial score (nSPS) is 21.4. The van der Waals surface area contributed by atoms with E-state index in [2.05, 4.69) is 34.5 Å². The van der Waals surface area contributed by atoms with Crippen LogP contribution in [0.25, 0.3) is 0 Å². The van der Waals surface area contributed by atoms with Gasteiger partial charge in [-0.25, -0.2) is 0 Å². The van der Waals surface area contributed by atoms with E-state index < -0.39 is 0 Å². The summed E-state index contributed by atoms with van der Waals surface area (Å²) >= 11 is 0. The molecule has 0 radical (unpaired) electrons. The predicted molar refractivity (Wildman–Crippen MR) is 80.0 cm³/mol. The molecule has 1 heterocycles. The van der Waals surface area contributed by atoms with Gasteiger partial charge in [-0.3, -0.25) is 0 Å². The molecule has 0 bridgehead atoms. The second kappa shape index (κ2) is 6.29. The Hall–Kier alpha value is -1.22. The maximum Gasteiger partial charge on any atom is 0.0642 e. The molecular formula is C16H24N2O. The SMILES string of the molecule is c1cc(N2CCOCC2)ccc1NC1CCCCC1. The van der Waals surface area contributed by atoms with Crippen molar-refractivity contribution in [2.24, 2.45) is 0 Å². The highest BCUT2D eigenvalue weighted by atomic mass is 16.5. The minimum Gasteiger partial charge on any atom is -0.382 e. The van der Waals surface area contributed by atoms with E-state index in [1.807, 2.05) is 0 Å². The Morgan fingerprint density at radius 1 is 0.947 bits per heavy atom. The number of anilines is 2. The third kappa shape index (κ3) is 3.41. The largest absolute Gasteiger partial charge is 0.382 e. The van der Waals surface area contributed by atoms with Crippen LogP contribution in [-0.2, 0) is 4.74 Å². The number of nitrogens with zero attached hydrogens (tertiary/aromatic N) is 1. The molecule has 1 saturated carbocycles. The van der Waals surface area contributed by atoms with E-state index in [1.165, 1.54) is 43.5 Å². The summed E-state index contributed by atoms with van der Waals surface area (Å²) in [5.74, 6) is 0. The number of rotatable bonds is 3. The monoisotopic (exact) mass is 260 g/mol. The molecule has 2 aliphatic rings. The first-order valence-corrected chi connectivity index (χ1v) is 7.61. The number of hydrogen-bond acceptors (Lipinski definition) is 3. The Labute approximate surface area is 115 Å². The summed E-state index contributed by atoms with van der Waals surface area (Å²) in [5.41, 5.74) is 2.58. The summed E-state index contributed by atoms with van der Waals surface area (Å²) in [4.78, 5) is 2.40. The molecule has 1 saturated heterocycles. The number of morpholine rings is 1. The van der Waals surface area contributed by atoms with Gasteiger partial charge in [0.2, 0.25) is 0 Å². The first-order valence-electron chi connectivity index (χ1n) is 7.61. The first kappa shape index (κ1) is 12.8. The van der Waals surface area contributed by atoms with Gasteiger partial charge in [0, 0.05) is 30.5 Å². The van der Waals surface area contributed by atoms with Crippen LogP contribution in [0.2, 0.25) is 0 Å². The van der Waals surface area contributed by atoms with Crippen molar-refractivity contribution in [1.29, 1.82) is 0 Å². The predicted octanol–water partition coefficient (Wildman–Crippen LogP) is 3.27. The molecule has 3 nitrogen and oxygen atoms in total.